The molecule has 110 valence electrons. The molecule has 1 fully saturated rings. The van der Waals surface area contributed by atoms with E-state index in [0.717, 1.165) is 0 Å². The van der Waals surface area contributed by atoms with Gasteiger partial charge in [0, 0.05) is 19.6 Å². The summed E-state index contributed by atoms with van der Waals surface area (Å²) in [6, 6.07) is -1.83. The van der Waals surface area contributed by atoms with Crippen molar-refractivity contribution in [1.82, 2.24) is 10.6 Å². The average molecular weight is 294 g/mol. The molecule has 0 aromatic heterocycles. The smallest absolute Gasteiger partial charge is 0.326 e. The quantitative estimate of drug-likeness (QED) is 0.474. The number of aliphatic hydroxyl groups excluding tert-OH is 1. The minimum atomic E-state index is -2.99. The fourth-order valence-electron chi connectivity index (χ4n) is 1.87. The maximum Gasteiger partial charge on any atom is 0.326 e. The number of aliphatic hydroxyl groups is 1. The van der Waals surface area contributed by atoms with Crippen molar-refractivity contribution < 1.29 is 28.2 Å². The topological polar surface area (TPSA) is 133 Å². The molecule has 0 saturated carbocycles. The van der Waals surface area contributed by atoms with E-state index < -0.39 is 27.9 Å². The van der Waals surface area contributed by atoms with Gasteiger partial charge in [0.05, 0.1) is 11.5 Å². The summed E-state index contributed by atoms with van der Waals surface area (Å²) in [6.07, 6.45) is 0.419. The van der Waals surface area contributed by atoms with Crippen LogP contribution in [0.2, 0.25) is 0 Å². The molecule has 1 rings (SSSR count). The van der Waals surface area contributed by atoms with E-state index in [0.29, 0.717) is 6.42 Å². The van der Waals surface area contributed by atoms with Crippen molar-refractivity contribution in [3.8, 4) is 0 Å². The summed E-state index contributed by atoms with van der Waals surface area (Å²) in [7, 11) is -2.99. The van der Waals surface area contributed by atoms with E-state index in [1.807, 2.05) is 0 Å². The van der Waals surface area contributed by atoms with E-state index in [2.05, 4.69) is 10.6 Å². The van der Waals surface area contributed by atoms with E-state index in [1.54, 1.807) is 0 Å². The van der Waals surface area contributed by atoms with Crippen molar-refractivity contribution in [3.63, 3.8) is 0 Å². The third-order valence-corrected chi connectivity index (χ3v) is 4.74. The van der Waals surface area contributed by atoms with Crippen LogP contribution in [0.4, 0.5) is 4.79 Å². The number of carbonyl (C=O) groups is 2. The second kappa shape index (κ2) is 6.71. The average Bonchev–Trinajstić information content (AvgIpc) is 2.66. The summed E-state index contributed by atoms with van der Waals surface area (Å²) in [5.74, 6) is -1.18. The summed E-state index contributed by atoms with van der Waals surface area (Å²) in [5.41, 5.74) is 0. The van der Waals surface area contributed by atoms with Crippen molar-refractivity contribution in [2.75, 3.05) is 24.7 Å². The van der Waals surface area contributed by atoms with E-state index in [-0.39, 0.29) is 37.0 Å². The highest BCUT2D eigenvalue weighted by Crippen LogP contribution is 2.17. The molecule has 0 spiro atoms. The van der Waals surface area contributed by atoms with Crippen molar-refractivity contribution in [3.05, 3.63) is 0 Å². The molecule has 2 atom stereocenters. The number of carboxylic acid groups (broad SMARTS) is 1. The van der Waals surface area contributed by atoms with Gasteiger partial charge in [0.15, 0.2) is 9.84 Å². The summed E-state index contributed by atoms with van der Waals surface area (Å²) in [5, 5.41) is 22.1. The Hall–Kier alpha value is -1.35. The number of aliphatic carboxylic acids is 1. The largest absolute Gasteiger partial charge is 0.480 e. The normalized spacial score (nSPS) is 22.7. The van der Waals surface area contributed by atoms with Gasteiger partial charge in [0.1, 0.15) is 6.04 Å². The first-order chi connectivity index (χ1) is 8.84. The van der Waals surface area contributed by atoms with Crippen LogP contribution in [0.1, 0.15) is 12.8 Å². The van der Waals surface area contributed by atoms with E-state index in [1.165, 1.54) is 0 Å². The van der Waals surface area contributed by atoms with Gasteiger partial charge < -0.3 is 20.8 Å². The molecule has 1 saturated heterocycles. The highest BCUT2D eigenvalue weighted by atomic mass is 32.2. The fraction of sp³-hybridized carbons (Fsp3) is 0.800. The van der Waals surface area contributed by atoms with Crippen LogP contribution in [0.5, 0.6) is 0 Å². The summed E-state index contributed by atoms with van der Waals surface area (Å²) < 4.78 is 22.4. The van der Waals surface area contributed by atoms with E-state index >= 15 is 0 Å². The Bertz CT molecular complexity index is 435. The number of carbonyl (C=O) groups excluding carboxylic acids is 1. The van der Waals surface area contributed by atoms with Crippen molar-refractivity contribution in [1.29, 1.82) is 0 Å². The Balaban J connectivity index is 2.33. The number of rotatable bonds is 6. The van der Waals surface area contributed by atoms with Crippen LogP contribution in [0.25, 0.3) is 0 Å². The standard InChI is InChI=1S/C10H18N2O6S/c13-3-1-8(9(14)15)12-10(16)11-5-7-2-4-19(17,18)6-7/h7-8,13H,1-6H2,(H,14,15)(H2,11,12,16)/t7?,8-/m1/s1. The zero-order valence-corrected chi connectivity index (χ0v) is 11.1. The lowest BCUT2D eigenvalue weighted by molar-refractivity contribution is -0.139. The maximum absolute atomic E-state index is 11.4. The number of hydrogen-bond donors (Lipinski definition) is 4. The van der Waals surface area contributed by atoms with Crippen molar-refractivity contribution >= 4 is 21.8 Å². The number of hydrogen-bond acceptors (Lipinski definition) is 5. The number of sulfone groups is 1. The fourth-order valence-corrected chi connectivity index (χ4v) is 3.73. The Kier molecular flexibility index (Phi) is 5.55. The van der Waals surface area contributed by atoms with Crippen LogP contribution in [-0.4, -0.2) is 61.3 Å². The maximum atomic E-state index is 11.4. The molecule has 1 unspecified atom stereocenters. The van der Waals surface area contributed by atoms with Crippen LogP contribution >= 0.6 is 0 Å². The molecule has 9 heteroatoms. The van der Waals surface area contributed by atoms with Crippen LogP contribution in [-0.2, 0) is 14.6 Å². The minimum Gasteiger partial charge on any atom is -0.480 e. The molecule has 4 N–H and O–H groups in total. The van der Waals surface area contributed by atoms with Crippen molar-refractivity contribution in [2.24, 2.45) is 5.92 Å². The lowest BCUT2D eigenvalue weighted by Gasteiger charge is -2.15. The third-order valence-electron chi connectivity index (χ3n) is 2.90. The molecule has 0 bridgehead atoms. The molecule has 8 nitrogen and oxygen atoms in total. The van der Waals surface area contributed by atoms with Crippen molar-refractivity contribution in [2.45, 2.75) is 18.9 Å². The summed E-state index contributed by atoms with van der Waals surface area (Å²) >= 11 is 0. The minimum absolute atomic E-state index is 0.0479. The van der Waals surface area contributed by atoms with Gasteiger partial charge in [-0.2, -0.15) is 0 Å². The SMILES string of the molecule is O=C(NCC1CCS(=O)(=O)C1)N[C@H](CCO)C(=O)O. The molecule has 0 aromatic carbocycles. The number of carboxylic acids is 1. The first kappa shape index (κ1) is 15.7. The lowest BCUT2D eigenvalue weighted by atomic mass is 10.1. The molecular formula is C10H18N2O6S. The molecule has 0 aromatic rings. The van der Waals surface area contributed by atoms with Crippen LogP contribution in [0.3, 0.4) is 0 Å². The van der Waals surface area contributed by atoms with Gasteiger partial charge in [-0.3, -0.25) is 0 Å². The second-order valence-electron chi connectivity index (χ2n) is 4.53. The molecule has 1 aliphatic heterocycles. The molecule has 1 aliphatic rings. The number of amides is 2. The Morgan fingerprint density at radius 2 is 2.05 bits per heavy atom. The highest BCUT2D eigenvalue weighted by molar-refractivity contribution is 7.91. The van der Waals surface area contributed by atoms with E-state index in [4.69, 9.17) is 10.2 Å². The Labute approximate surface area is 111 Å². The van der Waals surface area contributed by atoms with Gasteiger partial charge in [-0.05, 0) is 12.3 Å². The molecular weight excluding hydrogens is 276 g/mol. The molecule has 19 heavy (non-hydrogen) atoms. The predicted octanol–water partition coefficient (Wildman–Crippen LogP) is -1.44. The first-order valence-corrected chi connectivity index (χ1v) is 7.74. The zero-order chi connectivity index (χ0) is 14.5. The monoisotopic (exact) mass is 294 g/mol. The summed E-state index contributed by atoms with van der Waals surface area (Å²) in [4.78, 5) is 22.2. The van der Waals surface area contributed by atoms with Gasteiger partial charge >= 0.3 is 12.0 Å². The number of urea groups is 1. The highest BCUT2D eigenvalue weighted by Gasteiger charge is 2.28. The Morgan fingerprint density at radius 3 is 2.53 bits per heavy atom. The van der Waals surface area contributed by atoms with Crippen LogP contribution in [0.15, 0.2) is 0 Å². The van der Waals surface area contributed by atoms with Gasteiger partial charge in [-0.1, -0.05) is 0 Å². The zero-order valence-electron chi connectivity index (χ0n) is 10.3. The van der Waals surface area contributed by atoms with Gasteiger partial charge in [-0.25, -0.2) is 18.0 Å². The van der Waals surface area contributed by atoms with Gasteiger partial charge in [0.25, 0.3) is 0 Å². The molecule has 2 amide bonds. The first-order valence-electron chi connectivity index (χ1n) is 5.92. The predicted molar refractivity (Wildman–Crippen MR) is 66.4 cm³/mol. The molecule has 0 aliphatic carbocycles. The van der Waals surface area contributed by atoms with E-state index in [9.17, 15) is 18.0 Å². The Morgan fingerprint density at radius 1 is 1.37 bits per heavy atom. The van der Waals surface area contributed by atoms with Gasteiger partial charge in [0.2, 0.25) is 0 Å². The second-order valence-corrected chi connectivity index (χ2v) is 6.76. The molecule has 1 heterocycles. The van der Waals surface area contributed by atoms with Crippen LogP contribution in [0, 0.1) is 5.92 Å². The summed E-state index contributed by atoms with van der Waals surface area (Å²) in [6.45, 7) is -0.158. The molecule has 0 radical (unpaired) electrons. The lowest BCUT2D eigenvalue weighted by Crippen LogP contribution is -2.47. The third kappa shape index (κ3) is 5.43. The van der Waals surface area contributed by atoms with Gasteiger partial charge in [-0.15, -0.1) is 0 Å². The number of nitrogens with one attached hydrogen (secondary N) is 2. The van der Waals surface area contributed by atoms with Crippen LogP contribution < -0.4 is 10.6 Å².